The second kappa shape index (κ2) is 6.40. The fourth-order valence-electron chi connectivity index (χ4n) is 2.82. The topological polar surface area (TPSA) is 25.4 Å². The number of rotatable bonds is 5. The molecule has 2 aromatic rings. The highest BCUT2D eigenvalue weighted by molar-refractivity contribution is 5.19. The smallest absolute Gasteiger partial charge is 0.213 e. The Balaban J connectivity index is 1.50. The zero-order chi connectivity index (χ0) is 15.5. The van der Waals surface area contributed by atoms with Crippen LogP contribution in [-0.4, -0.2) is 30.1 Å². The van der Waals surface area contributed by atoms with Crippen LogP contribution < -0.4 is 4.74 Å². The van der Waals surface area contributed by atoms with E-state index < -0.39 is 11.6 Å². The lowest BCUT2D eigenvalue weighted by Crippen LogP contribution is -2.46. The standard InChI is InChI=1S/C17H18F2N2O/c1-22-17-4-2-3-14(20-17)11-21-9-13(10-21)7-12-5-6-15(18)16(19)8-12/h2-6,8,13H,7,9-11H2,1H3. The molecule has 1 aromatic heterocycles. The molecule has 1 aliphatic heterocycles. The van der Waals surface area contributed by atoms with E-state index in [1.165, 1.54) is 12.1 Å². The van der Waals surface area contributed by atoms with Crippen molar-refractivity contribution < 1.29 is 13.5 Å². The van der Waals surface area contributed by atoms with Crippen LogP contribution in [0.4, 0.5) is 8.78 Å². The van der Waals surface area contributed by atoms with E-state index in [0.29, 0.717) is 11.8 Å². The van der Waals surface area contributed by atoms with E-state index in [1.54, 1.807) is 13.2 Å². The molecular formula is C17H18F2N2O. The Bertz CT molecular complexity index is 657. The second-order valence-electron chi connectivity index (χ2n) is 5.68. The van der Waals surface area contributed by atoms with Crippen LogP contribution in [-0.2, 0) is 13.0 Å². The molecule has 0 bridgehead atoms. The van der Waals surface area contributed by atoms with Crippen molar-refractivity contribution in [3.63, 3.8) is 0 Å². The van der Waals surface area contributed by atoms with Gasteiger partial charge >= 0.3 is 0 Å². The molecule has 0 spiro atoms. The van der Waals surface area contributed by atoms with Gasteiger partial charge < -0.3 is 4.74 Å². The predicted molar refractivity (Wildman–Crippen MR) is 79.6 cm³/mol. The van der Waals surface area contributed by atoms with Crippen molar-refractivity contribution in [3.8, 4) is 5.88 Å². The summed E-state index contributed by atoms with van der Waals surface area (Å²) in [5.41, 5.74) is 1.83. The molecule has 0 atom stereocenters. The number of hydrogen-bond acceptors (Lipinski definition) is 3. The van der Waals surface area contributed by atoms with Gasteiger partial charge in [0.05, 0.1) is 12.8 Å². The number of pyridine rings is 1. The van der Waals surface area contributed by atoms with Crippen LogP contribution in [0.1, 0.15) is 11.3 Å². The van der Waals surface area contributed by atoms with Crippen LogP contribution in [0.3, 0.4) is 0 Å². The number of ether oxygens (including phenoxy) is 1. The third kappa shape index (κ3) is 3.42. The summed E-state index contributed by atoms with van der Waals surface area (Å²) in [4.78, 5) is 6.67. The Hall–Kier alpha value is -2.01. The van der Waals surface area contributed by atoms with Gasteiger partial charge in [-0.3, -0.25) is 4.90 Å². The van der Waals surface area contributed by atoms with Crippen molar-refractivity contribution in [2.24, 2.45) is 5.92 Å². The van der Waals surface area contributed by atoms with Crippen LogP contribution in [0.2, 0.25) is 0 Å². The minimum Gasteiger partial charge on any atom is -0.481 e. The SMILES string of the molecule is COc1cccc(CN2CC(Cc3ccc(F)c(F)c3)C2)n1. The molecule has 3 nitrogen and oxygen atoms in total. The summed E-state index contributed by atoms with van der Waals surface area (Å²) in [6, 6.07) is 9.88. The van der Waals surface area contributed by atoms with Gasteiger partial charge in [0.2, 0.25) is 5.88 Å². The van der Waals surface area contributed by atoms with Crippen molar-refractivity contribution in [2.75, 3.05) is 20.2 Å². The van der Waals surface area contributed by atoms with Crippen LogP contribution in [0, 0.1) is 17.6 Å². The maximum Gasteiger partial charge on any atom is 0.213 e. The number of halogens is 2. The maximum absolute atomic E-state index is 13.2. The summed E-state index contributed by atoms with van der Waals surface area (Å²) in [6.07, 6.45) is 0.777. The Morgan fingerprint density at radius 1 is 1.18 bits per heavy atom. The number of aromatic nitrogens is 1. The first-order valence-corrected chi connectivity index (χ1v) is 7.30. The Kier molecular flexibility index (Phi) is 4.34. The molecular weight excluding hydrogens is 286 g/mol. The van der Waals surface area contributed by atoms with E-state index in [1.807, 2.05) is 18.2 Å². The van der Waals surface area contributed by atoms with Gasteiger partial charge in [0.1, 0.15) is 0 Å². The molecule has 5 heteroatoms. The van der Waals surface area contributed by atoms with Gasteiger partial charge in [-0.05, 0) is 36.1 Å². The van der Waals surface area contributed by atoms with Crippen LogP contribution >= 0.6 is 0 Å². The average Bonchev–Trinajstić information content (AvgIpc) is 2.49. The Labute approximate surface area is 128 Å². The normalized spacial score (nSPS) is 15.6. The third-order valence-corrected chi connectivity index (χ3v) is 3.92. The van der Waals surface area contributed by atoms with Gasteiger partial charge in [-0.25, -0.2) is 13.8 Å². The van der Waals surface area contributed by atoms with Gasteiger partial charge in [-0.2, -0.15) is 0 Å². The molecule has 0 saturated carbocycles. The molecule has 0 radical (unpaired) electrons. The fraction of sp³-hybridized carbons (Fsp3) is 0.353. The van der Waals surface area contributed by atoms with Gasteiger partial charge in [0, 0.05) is 25.7 Å². The predicted octanol–water partition coefficient (Wildman–Crippen LogP) is 3.04. The Morgan fingerprint density at radius 2 is 2.00 bits per heavy atom. The quantitative estimate of drug-likeness (QED) is 0.849. The lowest BCUT2D eigenvalue weighted by molar-refractivity contribution is 0.0909. The zero-order valence-corrected chi connectivity index (χ0v) is 12.4. The monoisotopic (exact) mass is 304 g/mol. The van der Waals surface area contributed by atoms with E-state index in [0.717, 1.165) is 37.3 Å². The van der Waals surface area contributed by atoms with Crippen molar-refractivity contribution >= 4 is 0 Å². The summed E-state index contributed by atoms with van der Waals surface area (Å²) in [7, 11) is 1.60. The van der Waals surface area contributed by atoms with E-state index >= 15 is 0 Å². The van der Waals surface area contributed by atoms with Crippen LogP contribution in [0.5, 0.6) is 5.88 Å². The van der Waals surface area contributed by atoms with Gasteiger partial charge in [0.25, 0.3) is 0 Å². The van der Waals surface area contributed by atoms with Gasteiger partial charge in [-0.1, -0.05) is 12.1 Å². The number of hydrogen-bond donors (Lipinski definition) is 0. The molecule has 2 heterocycles. The minimum atomic E-state index is -0.789. The fourth-order valence-corrected chi connectivity index (χ4v) is 2.82. The number of likely N-dealkylation sites (tertiary alicyclic amines) is 1. The molecule has 0 unspecified atom stereocenters. The first-order valence-electron chi connectivity index (χ1n) is 7.30. The molecule has 1 fully saturated rings. The Morgan fingerprint density at radius 3 is 2.73 bits per heavy atom. The summed E-state index contributed by atoms with van der Waals surface area (Å²) in [5.74, 6) is -0.454. The minimum absolute atomic E-state index is 0.482. The molecule has 1 aliphatic rings. The number of methoxy groups -OCH3 is 1. The average molecular weight is 304 g/mol. The maximum atomic E-state index is 13.2. The van der Waals surface area contributed by atoms with Crippen LogP contribution in [0.15, 0.2) is 36.4 Å². The summed E-state index contributed by atoms with van der Waals surface area (Å²) in [6.45, 7) is 2.67. The second-order valence-corrected chi connectivity index (χ2v) is 5.68. The summed E-state index contributed by atoms with van der Waals surface area (Å²) in [5, 5.41) is 0. The van der Waals surface area contributed by atoms with Gasteiger partial charge in [0.15, 0.2) is 11.6 Å². The highest BCUT2D eigenvalue weighted by Gasteiger charge is 2.27. The lowest BCUT2D eigenvalue weighted by atomic mass is 9.92. The van der Waals surface area contributed by atoms with E-state index in [4.69, 9.17) is 4.74 Å². The largest absolute Gasteiger partial charge is 0.481 e. The molecule has 0 N–H and O–H groups in total. The molecule has 3 rings (SSSR count). The van der Waals surface area contributed by atoms with E-state index in [2.05, 4.69) is 9.88 Å². The number of nitrogens with zero attached hydrogens (tertiary/aromatic N) is 2. The molecule has 0 amide bonds. The first kappa shape index (κ1) is 14.9. The first-order chi connectivity index (χ1) is 10.6. The lowest BCUT2D eigenvalue weighted by Gasteiger charge is -2.39. The third-order valence-electron chi connectivity index (χ3n) is 3.92. The van der Waals surface area contributed by atoms with Crippen LogP contribution in [0.25, 0.3) is 0 Å². The molecule has 116 valence electrons. The molecule has 1 aromatic carbocycles. The highest BCUT2D eigenvalue weighted by atomic mass is 19.2. The van der Waals surface area contributed by atoms with Crippen molar-refractivity contribution in [3.05, 3.63) is 59.3 Å². The molecule has 0 aliphatic carbocycles. The van der Waals surface area contributed by atoms with Crippen molar-refractivity contribution in [1.82, 2.24) is 9.88 Å². The van der Waals surface area contributed by atoms with Crippen molar-refractivity contribution in [1.29, 1.82) is 0 Å². The summed E-state index contributed by atoms with van der Waals surface area (Å²) < 4.78 is 31.2. The van der Waals surface area contributed by atoms with Gasteiger partial charge in [-0.15, -0.1) is 0 Å². The highest BCUT2D eigenvalue weighted by Crippen LogP contribution is 2.23. The zero-order valence-electron chi connectivity index (χ0n) is 12.4. The van der Waals surface area contributed by atoms with Crippen molar-refractivity contribution in [2.45, 2.75) is 13.0 Å². The molecule has 22 heavy (non-hydrogen) atoms. The number of benzene rings is 1. The summed E-state index contributed by atoms with van der Waals surface area (Å²) >= 11 is 0. The van der Waals surface area contributed by atoms with E-state index in [9.17, 15) is 8.78 Å². The molecule has 1 saturated heterocycles. The van der Waals surface area contributed by atoms with E-state index in [-0.39, 0.29) is 0 Å².